The minimum absolute atomic E-state index is 0.218. The number of nitrogens with two attached hydrogens (primary N) is 3. The van der Waals surface area contributed by atoms with Crippen molar-refractivity contribution < 1.29 is 34.5 Å². The number of aliphatic hydroxyl groups excluding tert-OH is 2. The number of carbonyl (C=O) groups is 4. The number of hydrogen-bond acceptors (Lipinski definition) is 9. The highest BCUT2D eigenvalue weighted by molar-refractivity contribution is 5.94. The minimum atomic E-state index is -1.62. The van der Waals surface area contributed by atoms with Gasteiger partial charge in [0.25, 0.3) is 0 Å². The van der Waals surface area contributed by atoms with Crippen LogP contribution >= 0.6 is 0 Å². The van der Waals surface area contributed by atoms with Gasteiger partial charge in [0, 0.05) is 0 Å². The highest BCUT2D eigenvalue weighted by Crippen LogP contribution is 2.05. The molecule has 0 rings (SSSR count). The van der Waals surface area contributed by atoms with Gasteiger partial charge in [-0.1, -0.05) is 6.42 Å². The van der Waals surface area contributed by atoms with Crippen LogP contribution in [0.2, 0.25) is 0 Å². The molecule has 0 aromatic carbocycles. The molecule has 0 aliphatic heterocycles. The molecular weight excluding hydrogens is 424 g/mol. The molecule has 13 nitrogen and oxygen atoms in total. The van der Waals surface area contributed by atoms with Crippen LogP contribution in [0.15, 0.2) is 0 Å². The van der Waals surface area contributed by atoms with Crippen molar-refractivity contribution >= 4 is 23.7 Å². The van der Waals surface area contributed by atoms with Crippen LogP contribution in [0.3, 0.4) is 0 Å². The van der Waals surface area contributed by atoms with Crippen molar-refractivity contribution in [3.05, 3.63) is 0 Å². The average molecular weight is 463 g/mol. The van der Waals surface area contributed by atoms with E-state index in [9.17, 15) is 29.4 Å². The molecule has 32 heavy (non-hydrogen) atoms. The minimum Gasteiger partial charge on any atom is -0.480 e. The average Bonchev–Trinajstić information content (AvgIpc) is 2.74. The highest BCUT2D eigenvalue weighted by atomic mass is 16.4. The van der Waals surface area contributed by atoms with Crippen LogP contribution in [0.1, 0.15) is 45.4 Å². The quantitative estimate of drug-likeness (QED) is 0.0964. The van der Waals surface area contributed by atoms with Gasteiger partial charge in [-0.25, -0.2) is 4.79 Å². The van der Waals surface area contributed by atoms with Crippen LogP contribution in [0.25, 0.3) is 0 Å². The van der Waals surface area contributed by atoms with Gasteiger partial charge in [-0.05, 0) is 52.1 Å². The Labute approximate surface area is 187 Å². The fourth-order valence-corrected chi connectivity index (χ4v) is 2.79. The van der Waals surface area contributed by atoms with Gasteiger partial charge in [-0.2, -0.15) is 0 Å². The topological polar surface area (TPSA) is 243 Å². The molecule has 0 saturated heterocycles. The highest BCUT2D eigenvalue weighted by Gasteiger charge is 2.31. The van der Waals surface area contributed by atoms with Gasteiger partial charge < -0.3 is 48.5 Å². The molecule has 0 bridgehead atoms. The zero-order chi connectivity index (χ0) is 24.7. The molecule has 0 aromatic rings. The zero-order valence-electron chi connectivity index (χ0n) is 18.5. The maximum Gasteiger partial charge on any atom is 0.328 e. The zero-order valence-corrected chi connectivity index (χ0v) is 18.5. The molecule has 5 unspecified atom stereocenters. The van der Waals surface area contributed by atoms with E-state index in [1.807, 2.05) is 0 Å². The first-order chi connectivity index (χ1) is 15.1. The lowest BCUT2D eigenvalue weighted by atomic mass is 10.1. The lowest BCUT2D eigenvalue weighted by Crippen LogP contribution is -2.59. The molecular formula is C19H38N6O7. The number of carboxylic acids is 1. The molecule has 3 amide bonds. The first-order valence-electron chi connectivity index (χ1n) is 10.7. The first-order valence-corrected chi connectivity index (χ1v) is 10.7. The smallest absolute Gasteiger partial charge is 0.328 e. The van der Waals surface area contributed by atoms with E-state index in [4.69, 9.17) is 22.3 Å². The molecule has 0 aromatic heterocycles. The third-order valence-corrected chi connectivity index (χ3v) is 4.75. The molecule has 12 N–H and O–H groups in total. The van der Waals surface area contributed by atoms with E-state index in [1.54, 1.807) is 0 Å². The summed E-state index contributed by atoms with van der Waals surface area (Å²) >= 11 is 0. The van der Waals surface area contributed by atoms with Gasteiger partial charge in [0.05, 0.1) is 18.8 Å². The Hall–Kier alpha value is -2.32. The number of rotatable bonds is 17. The predicted octanol–water partition coefficient (Wildman–Crippen LogP) is -3.52. The third-order valence-electron chi connectivity index (χ3n) is 4.75. The van der Waals surface area contributed by atoms with Crippen molar-refractivity contribution in [2.45, 2.75) is 75.7 Å². The number of hydrogen-bond donors (Lipinski definition) is 9. The van der Waals surface area contributed by atoms with Crippen LogP contribution in [-0.4, -0.2) is 89.0 Å². The van der Waals surface area contributed by atoms with E-state index in [0.29, 0.717) is 45.2 Å². The summed E-state index contributed by atoms with van der Waals surface area (Å²) in [7, 11) is 0. The molecule has 0 fully saturated rings. The number of aliphatic carboxylic acids is 1. The second kappa shape index (κ2) is 16.3. The SMILES string of the molecule is CC(O)C(NC(=O)C(CO)NC(=O)C(CCCCN)NC(=O)C(N)CCCCN)C(=O)O. The standard InChI is InChI=1S/C19H38N6O7/c1-11(27)15(19(31)32)25-18(30)14(10-26)24-17(29)13(7-3-5-9-21)23-16(28)12(22)6-2-4-8-20/h11-15,26-27H,2-10,20-22H2,1H3,(H,23,28)(H,24,29)(H,25,30)(H,31,32). The summed E-state index contributed by atoms with van der Waals surface area (Å²) in [6, 6.07) is -5.00. The lowest BCUT2D eigenvalue weighted by Gasteiger charge is -2.25. The lowest BCUT2D eigenvalue weighted by molar-refractivity contribution is -0.145. The molecule has 0 aliphatic carbocycles. The van der Waals surface area contributed by atoms with E-state index in [2.05, 4.69) is 16.0 Å². The van der Waals surface area contributed by atoms with E-state index in [1.165, 1.54) is 6.92 Å². The number of carboxylic acid groups (broad SMARTS) is 1. The molecule has 5 atom stereocenters. The van der Waals surface area contributed by atoms with E-state index in [-0.39, 0.29) is 6.42 Å². The largest absolute Gasteiger partial charge is 0.480 e. The van der Waals surface area contributed by atoms with Gasteiger partial charge in [0.2, 0.25) is 17.7 Å². The molecule has 186 valence electrons. The van der Waals surface area contributed by atoms with Crippen LogP contribution in [0.5, 0.6) is 0 Å². The van der Waals surface area contributed by atoms with Crippen molar-refractivity contribution in [2.75, 3.05) is 19.7 Å². The van der Waals surface area contributed by atoms with Gasteiger partial charge in [-0.15, -0.1) is 0 Å². The Morgan fingerprint density at radius 2 is 1.31 bits per heavy atom. The van der Waals surface area contributed by atoms with E-state index in [0.717, 1.165) is 0 Å². The van der Waals surface area contributed by atoms with Crippen molar-refractivity contribution in [3.63, 3.8) is 0 Å². The van der Waals surface area contributed by atoms with Crippen LogP contribution in [0, 0.1) is 0 Å². The van der Waals surface area contributed by atoms with Crippen molar-refractivity contribution in [1.29, 1.82) is 0 Å². The van der Waals surface area contributed by atoms with Gasteiger partial charge in [0.1, 0.15) is 12.1 Å². The maximum atomic E-state index is 12.7. The molecule has 13 heteroatoms. The number of amides is 3. The molecule has 0 aliphatic rings. The predicted molar refractivity (Wildman–Crippen MR) is 116 cm³/mol. The van der Waals surface area contributed by atoms with Crippen LogP contribution < -0.4 is 33.2 Å². The number of unbranched alkanes of at least 4 members (excludes halogenated alkanes) is 2. The normalized spacial score (nSPS) is 15.7. The Balaban J connectivity index is 5.16. The first kappa shape index (κ1) is 29.7. The number of aliphatic hydroxyl groups is 2. The fourth-order valence-electron chi connectivity index (χ4n) is 2.79. The Morgan fingerprint density at radius 3 is 1.78 bits per heavy atom. The fraction of sp³-hybridized carbons (Fsp3) is 0.789. The monoisotopic (exact) mass is 462 g/mol. The summed E-state index contributed by atoms with van der Waals surface area (Å²) in [5, 5.41) is 35.0. The molecule has 0 heterocycles. The van der Waals surface area contributed by atoms with Crippen molar-refractivity contribution in [2.24, 2.45) is 17.2 Å². The summed E-state index contributed by atoms with van der Waals surface area (Å²) in [5.74, 6) is -3.77. The summed E-state index contributed by atoms with van der Waals surface area (Å²) in [4.78, 5) is 48.5. The van der Waals surface area contributed by atoms with E-state index >= 15 is 0 Å². The van der Waals surface area contributed by atoms with Crippen molar-refractivity contribution in [1.82, 2.24) is 16.0 Å². The second-order valence-corrected chi connectivity index (χ2v) is 7.55. The summed E-state index contributed by atoms with van der Waals surface area (Å²) in [6.07, 6.45) is 1.66. The maximum absolute atomic E-state index is 12.7. The van der Waals surface area contributed by atoms with Gasteiger partial charge in [-0.3, -0.25) is 14.4 Å². The Bertz CT molecular complexity index is 605. The van der Waals surface area contributed by atoms with Crippen molar-refractivity contribution in [3.8, 4) is 0 Å². The Kier molecular flexibility index (Phi) is 15.1. The number of carbonyl (C=O) groups excluding carboxylic acids is 3. The molecule has 0 spiro atoms. The Morgan fingerprint density at radius 1 is 0.812 bits per heavy atom. The van der Waals surface area contributed by atoms with E-state index < -0.39 is 60.6 Å². The molecule has 0 radical (unpaired) electrons. The molecule has 0 saturated carbocycles. The summed E-state index contributed by atoms with van der Waals surface area (Å²) < 4.78 is 0. The summed E-state index contributed by atoms with van der Waals surface area (Å²) in [6.45, 7) is 1.20. The second-order valence-electron chi connectivity index (χ2n) is 7.55. The number of nitrogens with one attached hydrogen (secondary N) is 3. The van der Waals surface area contributed by atoms with Gasteiger partial charge in [0.15, 0.2) is 6.04 Å². The van der Waals surface area contributed by atoms with Crippen LogP contribution in [-0.2, 0) is 19.2 Å². The van der Waals surface area contributed by atoms with Gasteiger partial charge >= 0.3 is 5.97 Å². The third kappa shape index (κ3) is 11.3. The summed E-state index contributed by atoms with van der Waals surface area (Å²) in [5.41, 5.74) is 16.8. The van der Waals surface area contributed by atoms with Crippen LogP contribution in [0.4, 0.5) is 0 Å².